The van der Waals surface area contributed by atoms with Crippen LogP contribution in [0.25, 0.3) is 5.69 Å². The Morgan fingerprint density at radius 3 is 2.81 bits per heavy atom. The summed E-state index contributed by atoms with van der Waals surface area (Å²) in [6.45, 7) is 0. The number of hydrogen-bond donors (Lipinski definition) is 1. The zero-order valence-corrected chi connectivity index (χ0v) is 15.8. The Kier molecular flexibility index (Phi) is 6.10. The fourth-order valence-electron chi connectivity index (χ4n) is 2.32. The Hall–Kier alpha value is -2.84. The minimum absolute atomic E-state index is 0.0920. The molecule has 1 aromatic heterocycles. The number of carbonyl (C=O) groups excluding carboxylic acids is 2. The quantitative estimate of drug-likeness (QED) is 0.502. The van der Waals surface area contributed by atoms with Gasteiger partial charge in [0.05, 0.1) is 29.8 Å². The van der Waals surface area contributed by atoms with Gasteiger partial charge in [0.2, 0.25) is 5.91 Å². The van der Waals surface area contributed by atoms with Crippen molar-refractivity contribution in [2.45, 2.75) is 5.16 Å². The first-order chi connectivity index (χ1) is 13.1. The minimum atomic E-state index is -0.515. The van der Waals surface area contributed by atoms with E-state index in [-0.39, 0.29) is 11.7 Å². The molecule has 0 aliphatic carbocycles. The molecule has 0 saturated heterocycles. The summed E-state index contributed by atoms with van der Waals surface area (Å²) in [6, 6.07) is 13.9. The van der Waals surface area contributed by atoms with Crippen LogP contribution in [0.2, 0.25) is 5.02 Å². The minimum Gasteiger partial charge on any atom is -0.465 e. The lowest BCUT2D eigenvalue weighted by atomic mass is 10.2. The van der Waals surface area contributed by atoms with Crippen LogP contribution in [0.15, 0.2) is 60.0 Å². The van der Waals surface area contributed by atoms with Gasteiger partial charge >= 0.3 is 5.97 Å². The lowest BCUT2D eigenvalue weighted by molar-refractivity contribution is -0.113. The van der Waals surface area contributed by atoms with E-state index >= 15 is 0 Å². The van der Waals surface area contributed by atoms with Crippen LogP contribution >= 0.6 is 23.4 Å². The standard InChI is InChI=1S/C18H15ClN4O3S/c1-26-17(25)14-7-2-3-8-15(14)21-16(24)10-27-18-22-20-11-23(18)13-6-4-5-12(19)9-13/h2-9,11H,10H2,1H3,(H,21,24). The third kappa shape index (κ3) is 4.66. The monoisotopic (exact) mass is 402 g/mol. The van der Waals surface area contributed by atoms with Crippen LogP contribution in [0.3, 0.4) is 0 Å². The summed E-state index contributed by atoms with van der Waals surface area (Å²) < 4.78 is 6.47. The van der Waals surface area contributed by atoms with Crippen molar-refractivity contribution in [1.29, 1.82) is 0 Å². The number of anilines is 1. The third-order valence-corrected chi connectivity index (χ3v) is 4.72. The van der Waals surface area contributed by atoms with E-state index in [1.165, 1.54) is 18.9 Å². The van der Waals surface area contributed by atoms with Gasteiger partial charge in [0.1, 0.15) is 6.33 Å². The average Bonchev–Trinajstić information content (AvgIpc) is 3.15. The van der Waals surface area contributed by atoms with Gasteiger partial charge in [-0.2, -0.15) is 0 Å². The van der Waals surface area contributed by atoms with E-state index in [4.69, 9.17) is 16.3 Å². The Labute approximate surface area is 164 Å². The van der Waals surface area contributed by atoms with Crippen molar-refractivity contribution in [3.05, 3.63) is 65.4 Å². The molecule has 0 aliphatic heterocycles. The largest absolute Gasteiger partial charge is 0.465 e. The van der Waals surface area contributed by atoms with Crippen molar-refractivity contribution in [3.63, 3.8) is 0 Å². The molecule has 0 radical (unpaired) electrons. The van der Waals surface area contributed by atoms with Crippen molar-refractivity contribution in [3.8, 4) is 5.69 Å². The first kappa shape index (κ1) is 18.9. The van der Waals surface area contributed by atoms with E-state index in [0.717, 1.165) is 5.69 Å². The number of nitrogens with one attached hydrogen (secondary N) is 1. The lowest BCUT2D eigenvalue weighted by Crippen LogP contribution is -2.17. The molecule has 0 fully saturated rings. The number of ether oxygens (including phenoxy) is 1. The van der Waals surface area contributed by atoms with Crippen LogP contribution < -0.4 is 5.32 Å². The van der Waals surface area contributed by atoms with Crippen molar-refractivity contribution in [2.75, 3.05) is 18.2 Å². The number of halogens is 1. The van der Waals surface area contributed by atoms with Crippen molar-refractivity contribution in [2.24, 2.45) is 0 Å². The molecule has 0 spiro atoms. The molecule has 0 atom stereocenters. The maximum atomic E-state index is 12.3. The second-order valence-corrected chi connectivity index (χ2v) is 6.72. The van der Waals surface area contributed by atoms with Gasteiger partial charge in [-0.25, -0.2) is 4.79 Å². The second kappa shape index (κ2) is 8.70. The van der Waals surface area contributed by atoms with E-state index in [1.807, 2.05) is 12.1 Å². The first-order valence-electron chi connectivity index (χ1n) is 7.84. The van der Waals surface area contributed by atoms with Gasteiger partial charge in [-0.15, -0.1) is 10.2 Å². The summed E-state index contributed by atoms with van der Waals surface area (Å²) in [5.74, 6) is -0.703. The maximum Gasteiger partial charge on any atom is 0.339 e. The summed E-state index contributed by atoms with van der Waals surface area (Å²) >= 11 is 7.24. The number of carbonyl (C=O) groups is 2. The van der Waals surface area contributed by atoms with E-state index in [1.54, 1.807) is 47.3 Å². The molecule has 0 unspecified atom stereocenters. The topological polar surface area (TPSA) is 86.1 Å². The molecule has 2 aromatic carbocycles. The molecule has 0 aliphatic rings. The molecule has 7 nitrogen and oxygen atoms in total. The highest BCUT2D eigenvalue weighted by molar-refractivity contribution is 7.99. The molecule has 3 aromatic rings. The molecule has 0 saturated carbocycles. The van der Waals surface area contributed by atoms with Crippen molar-refractivity contribution < 1.29 is 14.3 Å². The van der Waals surface area contributed by atoms with Gasteiger partial charge in [0.15, 0.2) is 5.16 Å². The van der Waals surface area contributed by atoms with E-state index in [0.29, 0.717) is 21.4 Å². The van der Waals surface area contributed by atoms with Crippen LogP contribution in [0, 0.1) is 0 Å². The SMILES string of the molecule is COC(=O)c1ccccc1NC(=O)CSc1nncn1-c1cccc(Cl)c1. The molecular formula is C18H15ClN4O3S. The fourth-order valence-corrected chi connectivity index (χ4v) is 3.24. The average molecular weight is 403 g/mol. The summed E-state index contributed by atoms with van der Waals surface area (Å²) in [6.07, 6.45) is 1.55. The second-order valence-electron chi connectivity index (χ2n) is 5.34. The zero-order chi connectivity index (χ0) is 19.2. The number of methoxy groups -OCH3 is 1. The predicted molar refractivity (Wildman–Crippen MR) is 104 cm³/mol. The van der Waals surface area contributed by atoms with E-state index < -0.39 is 5.97 Å². The normalized spacial score (nSPS) is 10.4. The number of rotatable bonds is 6. The molecule has 3 rings (SSSR count). The van der Waals surface area contributed by atoms with Gasteiger partial charge in [-0.3, -0.25) is 9.36 Å². The molecule has 9 heteroatoms. The van der Waals surface area contributed by atoms with Crippen LogP contribution in [-0.2, 0) is 9.53 Å². The van der Waals surface area contributed by atoms with Crippen LogP contribution in [0.4, 0.5) is 5.69 Å². The summed E-state index contributed by atoms with van der Waals surface area (Å²) in [4.78, 5) is 24.1. The molecule has 138 valence electrons. The molecule has 1 N–H and O–H groups in total. The van der Waals surface area contributed by atoms with Crippen molar-refractivity contribution in [1.82, 2.24) is 14.8 Å². The lowest BCUT2D eigenvalue weighted by Gasteiger charge is -2.10. The Balaban J connectivity index is 1.68. The molecule has 1 amide bonds. The number of aromatic nitrogens is 3. The number of nitrogens with zero attached hydrogens (tertiary/aromatic N) is 3. The van der Waals surface area contributed by atoms with Gasteiger partial charge in [0.25, 0.3) is 0 Å². The summed E-state index contributed by atoms with van der Waals surface area (Å²) in [5.41, 5.74) is 1.48. The van der Waals surface area contributed by atoms with Crippen LogP contribution in [0.1, 0.15) is 10.4 Å². The third-order valence-electron chi connectivity index (χ3n) is 3.54. The van der Waals surface area contributed by atoms with Gasteiger partial charge < -0.3 is 10.1 Å². The summed E-state index contributed by atoms with van der Waals surface area (Å²) in [7, 11) is 1.29. The fraction of sp³-hybridized carbons (Fsp3) is 0.111. The zero-order valence-electron chi connectivity index (χ0n) is 14.3. The molecule has 27 heavy (non-hydrogen) atoms. The highest BCUT2D eigenvalue weighted by Crippen LogP contribution is 2.22. The molecular weight excluding hydrogens is 388 g/mol. The Morgan fingerprint density at radius 1 is 1.22 bits per heavy atom. The number of benzene rings is 2. The predicted octanol–water partition coefficient (Wildman–Crippen LogP) is 3.44. The maximum absolute atomic E-state index is 12.3. The number of hydrogen-bond acceptors (Lipinski definition) is 6. The molecule has 1 heterocycles. The summed E-state index contributed by atoms with van der Waals surface area (Å²) in [5, 5.41) is 11.8. The van der Waals surface area contributed by atoms with E-state index in [2.05, 4.69) is 15.5 Å². The van der Waals surface area contributed by atoms with Gasteiger partial charge in [0, 0.05) is 5.02 Å². The smallest absolute Gasteiger partial charge is 0.339 e. The number of thioether (sulfide) groups is 1. The van der Waals surface area contributed by atoms with Crippen LogP contribution in [0.5, 0.6) is 0 Å². The first-order valence-corrected chi connectivity index (χ1v) is 9.21. The Bertz CT molecular complexity index is 977. The number of amides is 1. The van der Waals surface area contributed by atoms with Gasteiger partial charge in [-0.05, 0) is 30.3 Å². The van der Waals surface area contributed by atoms with Crippen molar-refractivity contribution >= 4 is 40.9 Å². The Morgan fingerprint density at radius 2 is 2.04 bits per heavy atom. The highest BCUT2D eigenvalue weighted by atomic mass is 35.5. The van der Waals surface area contributed by atoms with Gasteiger partial charge in [-0.1, -0.05) is 41.6 Å². The number of para-hydroxylation sites is 1. The number of esters is 1. The van der Waals surface area contributed by atoms with E-state index in [9.17, 15) is 9.59 Å². The van der Waals surface area contributed by atoms with Crippen LogP contribution in [-0.4, -0.2) is 39.5 Å². The molecule has 0 bridgehead atoms. The highest BCUT2D eigenvalue weighted by Gasteiger charge is 2.15.